The lowest BCUT2D eigenvalue weighted by Gasteiger charge is -2.33. The van der Waals surface area contributed by atoms with Gasteiger partial charge < -0.3 is 10.6 Å². The van der Waals surface area contributed by atoms with Crippen LogP contribution >= 0.6 is 11.6 Å². The fourth-order valence-electron chi connectivity index (χ4n) is 2.72. The molecule has 0 aliphatic carbocycles. The Hall–Kier alpha value is -0.730. The molecule has 1 aliphatic heterocycles. The Balaban J connectivity index is 1.79. The van der Waals surface area contributed by atoms with Crippen molar-refractivity contribution >= 4 is 17.3 Å². The fourth-order valence-corrected chi connectivity index (χ4v) is 2.84. The van der Waals surface area contributed by atoms with Crippen LogP contribution in [-0.4, -0.2) is 24.0 Å². The fraction of sp³-hybridized carbons (Fsp3) is 0.600. The Bertz CT molecular complexity index is 392. The Morgan fingerprint density at radius 3 is 2.94 bits per heavy atom. The number of nitrogens with two attached hydrogens (primary N) is 1. The van der Waals surface area contributed by atoms with E-state index in [9.17, 15) is 0 Å². The molecule has 0 spiro atoms. The van der Waals surface area contributed by atoms with Crippen molar-refractivity contribution in [3.63, 3.8) is 0 Å². The number of benzene rings is 1. The molecule has 1 saturated heterocycles. The lowest BCUT2D eigenvalue weighted by Crippen LogP contribution is -2.38. The molecule has 0 saturated carbocycles. The molecular weight excluding hydrogens is 244 g/mol. The molecular formula is C15H23ClN2. The third kappa shape index (κ3) is 3.63. The van der Waals surface area contributed by atoms with E-state index in [0.29, 0.717) is 10.7 Å². The molecule has 1 aromatic carbocycles. The Kier molecular flexibility index (Phi) is 4.90. The molecule has 1 aromatic rings. The number of halogens is 1. The van der Waals surface area contributed by atoms with Crippen LogP contribution in [0.25, 0.3) is 0 Å². The van der Waals surface area contributed by atoms with Crippen LogP contribution in [0.2, 0.25) is 5.02 Å². The highest BCUT2D eigenvalue weighted by Gasteiger charge is 2.17. The maximum atomic E-state index is 5.92. The van der Waals surface area contributed by atoms with Gasteiger partial charge in [-0.3, -0.25) is 0 Å². The van der Waals surface area contributed by atoms with Crippen molar-refractivity contribution in [1.82, 2.24) is 4.90 Å². The monoisotopic (exact) mass is 266 g/mol. The number of hydrogen-bond donors (Lipinski definition) is 1. The zero-order valence-corrected chi connectivity index (χ0v) is 11.9. The highest BCUT2D eigenvalue weighted by Crippen LogP contribution is 2.21. The summed E-state index contributed by atoms with van der Waals surface area (Å²) in [6, 6.07) is 6.74. The Morgan fingerprint density at radius 2 is 2.22 bits per heavy atom. The summed E-state index contributed by atoms with van der Waals surface area (Å²) in [6.45, 7) is 4.81. The SMILES string of the molecule is CC1CCCCN1CCCc1ccc(Cl)c(N)c1. The molecule has 2 N–H and O–H groups in total. The van der Waals surface area contributed by atoms with Gasteiger partial charge in [0.2, 0.25) is 0 Å². The smallest absolute Gasteiger partial charge is 0.0635 e. The summed E-state index contributed by atoms with van der Waals surface area (Å²) in [5.41, 5.74) is 7.80. The van der Waals surface area contributed by atoms with Gasteiger partial charge in [0.05, 0.1) is 10.7 Å². The molecule has 1 fully saturated rings. The summed E-state index contributed by atoms with van der Waals surface area (Å²) in [7, 11) is 0. The van der Waals surface area contributed by atoms with Gasteiger partial charge >= 0.3 is 0 Å². The largest absolute Gasteiger partial charge is 0.398 e. The Morgan fingerprint density at radius 1 is 1.39 bits per heavy atom. The van der Waals surface area contributed by atoms with E-state index >= 15 is 0 Å². The number of anilines is 1. The molecule has 0 bridgehead atoms. The minimum atomic E-state index is 0.656. The van der Waals surface area contributed by atoms with Gasteiger partial charge in [-0.2, -0.15) is 0 Å². The van der Waals surface area contributed by atoms with Gasteiger partial charge in [-0.05, 0) is 63.4 Å². The molecule has 1 unspecified atom stereocenters. The number of aryl methyl sites for hydroxylation is 1. The maximum Gasteiger partial charge on any atom is 0.0635 e. The van der Waals surface area contributed by atoms with E-state index in [1.165, 1.54) is 44.3 Å². The van der Waals surface area contributed by atoms with E-state index < -0.39 is 0 Å². The second-order valence-corrected chi connectivity index (χ2v) is 5.75. The van der Waals surface area contributed by atoms with Crippen molar-refractivity contribution < 1.29 is 0 Å². The van der Waals surface area contributed by atoms with E-state index in [-0.39, 0.29) is 0 Å². The third-order valence-electron chi connectivity index (χ3n) is 3.91. The van der Waals surface area contributed by atoms with Crippen LogP contribution in [0.1, 0.15) is 38.2 Å². The summed E-state index contributed by atoms with van der Waals surface area (Å²) in [5.74, 6) is 0. The number of likely N-dealkylation sites (tertiary alicyclic amines) is 1. The summed E-state index contributed by atoms with van der Waals surface area (Å²) in [6.07, 6.45) is 6.40. The second kappa shape index (κ2) is 6.44. The standard InChI is InChI=1S/C15H23ClN2/c1-12-5-2-3-9-18(12)10-4-6-13-7-8-14(16)15(17)11-13/h7-8,11-12H,2-6,9-10,17H2,1H3. The number of nitrogen functional groups attached to an aromatic ring is 1. The van der Waals surface area contributed by atoms with E-state index in [1.54, 1.807) is 0 Å². The molecule has 18 heavy (non-hydrogen) atoms. The first-order valence-corrected chi connectivity index (χ1v) is 7.32. The molecule has 100 valence electrons. The molecule has 0 aromatic heterocycles. The Labute approximate surface area is 115 Å². The average molecular weight is 267 g/mol. The summed E-state index contributed by atoms with van der Waals surface area (Å²) >= 11 is 5.92. The summed E-state index contributed by atoms with van der Waals surface area (Å²) in [4.78, 5) is 2.61. The van der Waals surface area contributed by atoms with Gasteiger partial charge in [0, 0.05) is 6.04 Å². The van der Waals surface area contributed by atoms with Crippen molar-refractivity contribution in [3.05, 3.63) is 28.8 Å². The van der Waals surface area contributed by atoms with E-state index in [0.717, 1.165) is 12.5 Å². The second-order valence-electron chi connectivity index (χ2n) is 5.34. The quantitative estimate of drug-likeness (QED) is 0.842. The highest BCUT2D eigenvalue weighted by atomic mass is 35.5. The van der Waals surface area contributed by atoms with Crippen LogP contribution in [0, 0.1) is 0 Å². The lowest BCUT2D eigenvalue weighted by molar-refractivity contribution is 0.159. The number of hydrogen-bond acceptors (Lipinski definition) is 2. The van der Waals surface area contributed by atoms with Gasteiger partial charge in [-0.15, -0.1) is 0 Å². The molecule has 2 nitrogen and oxygen atoms in total. The molecule has 1 atom stereocenters. The van der Waals surface area contributed by atoms with Gasteiger partial charge in [0.15, 0.2) is 0 Å². The van der Waals surface area contributed by atoms with Gasteiger partial charge in [-0.25, -0.2) is 0 Å². The van der Waals surface area contributed by atoms with Gasteiger partial charge in [-0.1, -0.05) is 24.1 Å². The highest BCUT2D eigenvalue weighted by molar-refractivity contribution is 6.33. The van der Waals surface area contributed by atoms with Gasteiger partial charge in [0.25, 0.3) is 0 Å². The van der Waals surface area contributed by atoms with Crippen molar-refractivity contribution in [3.8, 4) is 0 Å². The van der Waals surface area contributed by atoms with Crippen LogP contribution in [0.3, 0.4) is 0 Å². The maximum absolute atomic E-state index is 5.92. The van der Waals surface area contributed by atoms with Crippen molar-refractivity contribution in [2.45, 2.75) is 45.1 Å². The number of piperidine rings is 1. The molecule has 0 radical (unpaired) electrons. The van der Waals surface area contributed by atoms with Crippen LogP contribution in [0.15, 0.2) is 18.2 Å². The topological polar surface area (TPSA) is 29.3 Å². The molecule has 2 rings (SSSR count). The predicted molar refractivity (Wildman–Crippen MR) is 79.1 cm³/mol. The molecule has 1 heterocycles. The first kappa shape index (κ1) is 13.7. The lowest BCUT2D eigenvalue weighted by atomic mass is 10.0. The average Bonchev–Trinajstić information content (AvgIpc) is 2.36. The van der Waals surface area contributed by atoms with Crippen molar-refractivity contribution in [1.29, 1.82) is 0 Å². The van der Waals surface area contributed by atoms with Crippen LogP contribution in [0.4, 0.5) is 5.69 Å². The summed E-state index contributed by atoms with van der Waals surface area (Å²) in [5, 5.41) is 0.656. The van der Waals surface area contributed by atoms with Crippen LogP contribution in [0.5, 0.6) is 0 Å². The number of rotatable bonds is 4. The minimum Gasteiger partial charge on any atom is -0.398 e. The molecule has 3 heteroatoms. The van der Waals surface area contributed by atoms with Crippen LogP contribution < -0.4 is 5.73 Å². The molecule has 0 amide bonds. The zero-order valence-electron chi connectivity index (χ0n) is 11.2. The zero-order chi connectivity index (χ0) is 13.0. The first-order valence-electron chi connectivity index (χ1n) is 6.95. The molecule has 1 aliphatic rings. The van der Waals surface area contributed by atoms with Crippen LogP contribution in [-0.2, 0) is 6.42 Å². The predicted octanol–water partition coefficient (Wildman–Crippen LogP) is 3.73. The van der Waals surface area contributed by atoms with E-state index in [4.69, 9.17) is 17.3 Å². The third-order valence-corrected chi connectivity index (χ3v) is 4.26. The van der Waals surface area contributed by atoms with Crippen molar-refractivity contribution in [2.24, 2.45) is 0 Å². The summed E-state index contributed by atoms with van der Waals surface area (Å²) < 4.78 is 0. The van der Waals surface area contributed by atoms with Gasteiger partial charge in [0.1, 0.15) is 0 Å². The normalized spacial score (nSPS) is 21.1. The van der Waals surface area contributed by atoms with Crippen molar-refractivity contribution in [2.75, 3.05) is 18.8 Å². The van der Waals surface area contributed by atoms with E-state index in [2.05, 4.69) is 17.9 Å². The minimum absolute atomic E-state index is 0.656. The first-order chi connectivity index (χ1) is 8.66. The van der Waals surface area contributed by atoms with E-state index in [1.807, 2.05) is 12.1 Å². The number of nitrogens with zero attached hydrogens (tertiary/aromatic N) is 1.